The quantitative estimate of drug-likeness (QED) is 0.502. The van der Waals surface area contributed by atoms with Gasteiger partial charge in [-0.05, 0) is 86.0 Å². The molecule has 0 aliphatic carbocycles. The van der Waals surface area contributed by atoms with E-state index in [2.05, 4.69) is 16.1 Å². The molecule has 0 atom stereocenters. The highest BCUT2D eigenvalue weighted by atomic mass is 32.2. The molecule has 2 aromatic rings. The third-order valence-electron chi connectivity index (χ3n) is 6.37. The largest absolute Gasteiger partial charge is 0.417 e. The van der Waals surface area contributed by atoms with Crippen LogP contribution in [-0.4, -0.2) is 41.4 Å². The van der Waals surface area contributed by atoms with Gasteiger partial charge in [-0.2, -0.15) is 13.2 Å². The molecule has 0 radical (unpaired) electrons. The monoisotopic (exact) mass is 434 g/mol. The van der Waals surface area contributed by atoms with Gasteiger partial charge in [-0.1, -0.05) is 37.3 Å². The molecule has 2 fully saturated rings. The fourth-order valence-electron chi connectivity index (χ4n) is 4.54. The van der Waals surface area contributed by atoms with Gasteiger partial charge in [0.25, 0.3) is 0 Å². The summed E-state index contributed by atoms with van der Waals surface area (Å²) in [5, 5.41) is 0. The fourth-order valence-corrected chi connectivity index (χ4v) is 5.55. The van der Waals surface area contributed by atoms with Crippen molar-refractivity contribution < 1.29 is 13.2 Å². The van der Waals surface area contributed by atoms with E-state index in [-0.39, 0.29) is 5.56 Å². The summed E-state index contributed by atoms with van der Waals surface area (Å²) in [4.78, 5) is 3.66. The molecule has 2 saturated heterocycles. The van der Waals surface area contributed by atoms with Crippen molar-refractivity contribution in [3.63, 3.8) is 0 Å². The normalized spacial score (nSPS) is 20.5. The molecule has 2 aliphatic heterocycles. The van der Waals surface area contributed by atoms with Crippen molar-refractivity contribution in [1.82, 2.24) is 9.21 Å². The molecule has 6 heteroatoms. The average Bonchev–Trinajstić information content (AvgIpc) is 2.75. The van der Waals surface area contributed by atoms with Crippen molar-refractivity contribution in [3.05, 3.63) is 54.1 Å². The van der Waals surface area contributed by atoms with E-state index in [1.54, 1.807) is 30.1 Å². The second-order valence-electron chi connectivity index (χ2n) is 8.54. The lowest BCUT2D eigenvalue weighted by Gasteiger charge is -2.41. The van der Waals surface area contributed by atoms with Gasteiger partial charge >= 0.3 is 6.18 Å². The summed E-state index contributed by atoms with van der Waals surface area (Å²) in [5.74, 6) is 0.853. The summed E-state index contributed by atoms with van der Waals surface area (Å²) in [5.41, 5.74) is 0.277. The van der Waals surface area contributed by atoms with Crippen molar-refractivity contribution >= 4 is 11.9 Å². The summed E-state index contributed by atoms with van der Waals surface area (Å²) in [6, 6.07) is 14.0. The number of alkyl halides is 3. The molecule has 0 unspecified atom stereocenters. The Labute approximate surface area is 181 Å². The molecule has 2 heterocycles. The summed E-state index contributed by atoms with van der Waals surface area (Å²) in [6.45, 7) is 6.83. The molecule has 30 heavy (non-hydrogen) atoms. The van der Waals surface area contributed by atoms with Gasteiger partial charge in [0.15, 0.2) is 0 Å². The molecule has 0 saturated carbocycles. The highest BCUT2D eigenvalue weighted by molar-refractivity contribution is 7.97. The van der Waals surface area contributed by atoms with Crippen LogP contribution in [0.3, 0.4) is 0 Å². The van der Waals surface area contributed by atoms with Crippen LogP contribution >= 0.6 is 11.9 Å². The van der Waals surface area contributed by atoms with E-state index in [0.29, 0.717) is 11.6 Å². The van der Waals surface area contributed by atoms with Crippen molar-refractivity contribution in [3.8, 4) is 11.1 Å². The van der Waals surface area contributed by atoms with E-state index in [1.165, 1.54) is 32.0 Å². The molecule has 0 bridgehead atoms. The average molecular weight is 435 g/mol. The van der Waals surface area contributed by atoms with Crippen LogP contribution in [0.15, 0.2) is 53.4 Å². The third-order valence-corrected chi connectivity index (χ3v) is 7.46. The summed E-state index contributed by atoms with van der Waals surface area (Å²) in [7, 11) is 0. The third kappa shape index (κ3) is 5.21. The van der Waals surface area contributed by atoms with E-state index >= 15 is 0 Å². The van der Waals surface area contributed by atoms with Crippen LogP contribution in [0, 0.1) is 5.92 Å². The number of likely N-dealkylation sites (tertiary alicyclic amines) is 1. The first kappa shape index (κ1) is 21.7. The minimum atomic E-state index is -4.35. The Kier molecular flexibility index (Phi) is 6.75. The van der Waals surface area contributed by atoms with Gasteiger partial charge in [-0.15, -0.1) is 0 Å². The van der Waals surface area contributed by atoms with E-state index < -0.39 is 11.7 Å². The lowest BCUT2D eigenvalue weighted by atomic mass is 9.95. The highest BCUT2D eigenvalue weighted by Crippen LogP contribution is 2.38. The summed E-state index contributed by atoms with van der Waals surface area (Å²) < 4.78 is 42.6. The molecule has 4 rings (SSSR count). The molecular formula is C24H29F3N2S. The van der Waals surface area contributed by atoms with Gasteiger partial charge in [0.2, 0.25) is 0 Å². The molecule has 2 aromatic carbocycles. The van der Waals surface area contributed by atoms with Gasteiger partial charge < -0.3 is 4.90 Å². The maximum absolute atomic E-state index is 13.4. The zero-order valence-electron chi connectivity index (χ0n) is 17.4. The SMILES string of the molecule is CC1CCN(C2CCN(Sc3cccc(-c4ccccc4C(F)(F)F)c3)CC2)CC1. The Bertz CT molecular complexity index is 838. The zero-order chi connectivity index (χ0) is 21.1. The number of hydrogen-bond acceptors (Lipinski definition) is 3. The van der Waals surface area contributed by atoms with Crippen LogP contribution in [0.5, 0.6) is 0 Å². The maximum atomic E-state index is 13.4. The minimum absolute atomic E-state index is 0.241. The molecule has 2 nitrogen and oxygen atoms in total. The number of halogens is 3. The van der Waals surface area contributed by atoms with Crippen molar-refractivity contribution in [2.24, 2.45) is 5.92 Å². The predicted octanol–water partition coefficient (Wildman–Crippen LogP) is 6.58. The Hall–Kier alpha value is -1.50. The molecule has 0 aromatic heterocycles. The van der Waals surface area contributed by atoms with Crippen LogP contribution < -0.4 is 0 Å². The molecule has 2 aliphatic rings. The number of rotatable bonds is 4. The first-order chi connectivity index (χ1) is 14.4. The lowest BCUT2D eigenvalue weighted by Crippen LogP contribution is -2.46. The number of piperidine rings is 2. The van der Waals surface area contributed by atoms with Gasteiger partial charge in [-0.25, -0.2) is 4.31 Å². The number of benzene rings is 2. The zero-order valence-corrected chi connectivity index (χ0v) is 18.2. The Morgan fingerprint density at radius 3 is 2.27 bits per heavy atom. The second kappa shape index (κ2) is 9.33. The lowest BCUT2D eigenvalue weighted by molar-refractivity contribution is -0.137. The second-order valence-corrected chi connectivity index (χ2v) is 9.71. The first-order valence-corrected chi connectivity index (χ1v) is 11.6. The van der Waals surface area contributed by atoms with E-state index in [9.17, 15) is 13.2 Å². The van der Waals surface area contributed by atoms with E-state index in [0.717, 1.165) is 42.8 Å². The van der Waals surface area contributed by atoms with Crippen LogP contribution in [-0.2, 0) is 6.18 Å². The topological polar surface area (TPSA) is 6.48 Å². The molecule has 0 spiro atoms. The predicted molar refractivity (Wildman–Crippen MR) is 117 cm³/mol. The Balaban J connectivity index is 1.39. The van der Waals surface area contributed by atoms with Crippen molar-refractivity contribution in [2.45, 2.75) is 49.7 Å². The summed E-state index contributed by atoms with van der Waals surface area (Å²) in [6.07, 6.45) is 0.589. The molecular weight excluding hydrogens is 405 g/mol. The number of hydrogen-bond donors (Lipinski definition) is 0. The van der Waals surface area contributed by atoms with Gasteiger partial charge in [-0.3, -0.25) is 0 Å². The van der Waals surface area contributed by atoms with Gasteiger partial charge in [0.05, 0.1) is 5.56 Å². The Morgan fingerprint density at radius 2 is 1.57 bits per heavy atom. The summed E-state index contributed by atoms with van der Waals surface area (Å²) >= 11 is 1.67. The van der Waals surface area contributed by atoms with Gasteiger partial charge in [0.1, 0.15) is 0 Å². The van der Waals surface area contributed by atoms with E-state index in [4.69, 9.17) is 0 Å². The van der Waals surface area contributed by atoms with Gasteiger partial charge in [0, 0.05) is 24.0 Å². The highest BCUT2D eigenvalue weighted by Gasteiger charge is 2.33. The van der Waals surface area contributed by atoms with E-state index in [1.807, 2.05) is 18.2 Å². The standard InChI is InChI=1S/C24H29F3N2S/c1-18-9-13-28(14-10-18)20-11-15-29(16-12-20)30-21-6-4-5-19(17-21)22-7-2-3-8-23(22)24(25,26)27/h2-8,17-18,20H,9-16H2,1H3. The smallest absolute Gasteiger partial charge is 0.300 e. The fraction of sp³-hybridized carbons (Fsp3) is 0.500. The van der Waals surface area contributed by atoms with Crippen molar-refractivity contribution in [2.75, 3.05) is 26.2 Å². The van der Waals surface area contributed by atoms with Crippen LogP contribution in [0.2, 0.25) is 0 Å². The van der Waals surface area contributed by atoms with Crippen LogP contribution in [0.1, 0.15) is 38.2 Å². The Morgan fingerprint density at radius 1 is 0.867 bits per heavy atom. The van der Waals surface area contributed by atoms with Crippen LogP contribution in [0.25, 0.3) is 11.1 Å². The van der Waals surface area contributed by atoms with Crippen molar-refractivity contribution in [1.29, 1.82) is 0 Å². The molecule has 0 amide bonds. The first-order valence-electron chi connectivity index (χ1n) is 10.8. The maximum Gasteiger partial charge on any atom is 0.417 e. The van der Waals surface area contributed by atoms with Crippen LogP contribution in [0.4, 0.5) is 13.2 Å². The number of nitrogens with zero attached hydrogens (tertiary/aromatic N) is 2. The molecule has 0 N–H and O–H groups in total. The minimum Gasteiger partial charge on any atom is -0.300 e. The molecule has 162 valence electrons.